The molecule has 0 fully saturated rings. The summed E-state index contributed by atoms with van der Waals surface area (Å²) in [6.45, 7) is 10.6. The predicted molar refractivity (Wildman–Crippen MR) is 67.7 cm³/mol. The maximum atomic E-state index is 11.8. The highest BCUT2D eigenvalue weighted by molar-refractivity contribution is 7.07. The number of nitrogens with one attached hydrogen (secondary N) is 1. The van der Waals surface area contributed by atoms with Crippen LogP contribution in [0.15, 0.2) is 10.9 Å². The van der Waals surface area contributed by atoms with Crippen molar-refractivity contribution in [1.82, 2.24) is 10.3 Å². The Morgan fingerprint density at radius 2 is 2.00 bits per heavy atom. The first-order valence-corrected chi connectivity index (χ1v) is 6.35. The number of hydrogen-bond acceptors (Lipinski definition) is 3. The fourth-order valence-corrected chi connectivity index (χ4v) is 2.60. The van der Waals surface area contributed by atoms with Crippen molar-refractivity contribution in [2.75, 3.05) is 0 Å². The SMILES string of the molecule is CC(C)(C)CC(C)(C)NC(=O)c1cscn1. The van der Waals surface area contributed by atoms with Crippen LogP contribution in [0.4, 0.5) is 0 Å². The summed E-state index contributed by atoms with van der Waals surface area (Å²) in [6, 6.07) is 0. The van der Waals surface area contributed by atoms with Gasteiger partial charge >= 0.3 is 0 Å². The van der Waals surface area contributed by atoms with Crippen LogP contribution in [0, 0.1) is 5.41 Å². The molecule has 0 unspecified atom stereocenters. The van der Waals surface area contributed by atoms with E-state index in [-0.39, 0.29) is 16.9 Å². The van der Waals surface area contributed by atoms with E-state index in [9.17, 15) is 4.79 Å². The molecule has 0 aromatic carbocycles. The zero-order valence-corrected chi connectivity index (χ0v) is 11.4. The smallest absolute Gasteiger partial charge is 0.271 e. The summed E-state index contributed by atoms with van der Waals surface area (Å²) >= 11 is 1.44. The van der Waals surface area contributed by atoms with E-state index in [1.54, 1.807) is 10.9 Å². The minimum absolute atomic E-state index is 0.0875. The maximum Gasteiger partial charge on any atom is 0.271 e. The van der Waals surface area contributed by atoms with Gasteiger partial charge in [-0.1, -0.05) is 20.8 Å². The molecule has 4 heteroatoms. The Hall–Kier alpha value is -0.900. The Morgan fingerprint density at radius 1 is 1.38 bits per heavy atom. The molecule has 0 aliphatic carbocycles. The van der Waals surface area contributed by atoms with Crippen LogP contribution in [0.1, 0.15) is 51.5 Å². The van der Waals surface area contributed by atoms with Crippen LogP contribution in [-0.2, 0) is 0 Å². The van der Waals surface area contributed by atoms with Gasteiger partial charge in [0.05, 0.1) is 5.51 Å². The molecule has 1 amide bonds. The molecule has 1 aromatic heterocycles. The van der Waals surface area contributed by atoms with Crippen molar-refractivity contribution in [2.45, 2.75) is 46.6 Å². The highest BCUT2D eigenvalue weighted by Gasteiger charge is 2.27. The average molecular weight is 240 g/mol. The average Bonchev–Trinajstić information content (AvgIpc) is 2.48. The van der Waals surface area contributed by atoms with Crippen LogP contribution in [-0.4, -0.2) is 16.4 Å². The third kappa shape index (κ3) is 4.31. The van der Waals surface area contributed by atoms with Crippen molar-refractivity contribution >= 4 is 17.2 Å². The second-order valence-electron chi connectivity index (χ2n) is 5.95. The lowest BCUT2D eigenvalue weighted by Gasteiger charge is -2.33. The van der Waals surface area contributed by atoms with Crippen molar-refractivity contribution in [2.24, 2.45) is 5.41 Å². The molecule has 16 heavy (non-hydrogen) atoms. The van der Waals surface area contributed by atoms with Gasteiger partial charge in [-0.15, -0.1) is 11.3 Å². The molecule has 1 heterocycles. The molecule has 0 saturated carbocycles. The van der Waals surface area contributed by atoms with E-state index in [0.29, 0.717) is 5.69 Å². The molecule has 0 aliphatic rings. The molecule has 1 rings (SSSR count). The monoisotopic (exact) mass is 240 g/mol. The number of amides is 1. The molecule has 1 N–H and O–H groups in total. The molecule has 0 spiro atoms. The molecular formula is C12H20N2OS. The summed E-state index contributed by atoms with van der Waals surface area (Å²) in [5, 5.41) is 4.79. The Kier molecular flexibility index (Phi) is 3.73. The molecular weight excluding hydrogens is 220 g/mol. The number of aromatic nitrogens is 1. The van der Waals surface area contributed by atoms with E-state index in [0.717, 1.165) is 6.42 Å². The summed E-state index contributed by atoms with van der Waals surface area (Å²) in [5.41, 5.74) is 2.16. The lowest BCUT2D eigenvalue weighted by Crippen LogP contribution is -2.45. The molecule has 0 radical (unpaired) electrons. The molecule has 3 nitrogen and oxygen atoms in total. The van der Waals surface area contributed by atoms with Crippen molar-refractivity contribution < 1.29 is 4.79 Å². The van der Waals surface area contributed by atoms with Gasteiger partial charge in [0.15, 0.2) is 0 Å². The summed E-state index contributed by atoms with van der Waals surface area (Å²) in [5.74, 6) is -0.0875. The third-order valence-electron chi connectivity index (χ3n) is 2.09. The van der Waals surface area contributed by atoms with Crippen molar-refractivity contribution in [3.63, 3.8) is 0 Å². The predicted octanol–water partition coefficient (Wildman–Crippen LogP) is 3.09. The van der Waals surface area contributed by atoms with Gasteiger partial charge in [-0.3, -0.25) is 4.79 Å². The van der Waals surface area contributed by atoms with Crippen LogP contribution in [0.3, 0.4) is 0 Å². The normalized spacial score (nSPS) is 12.6. The van der Waals surface area contributed by atoms with Gasteiger partial charge in [0.2, 0.25) is 0 Å². The van der Waals surface area contributed by atoms with Crippen LogP contribution >= 0.6 is 11.3 Å². The number of thiazole rings is 1. The van der Waals surface area contributed by atoms with Crippen LogP contribution < -0.4 is 5.32 Å². The second kappa shape index (κ2) is 4.53. The Bertz CT molecular complexity index is 350. The van der Waals surface area contributed by atoms with Crippen molar-refractivity contribution in [1.29, 1.82) is 0 Å². The van der Waals surface area contributed by atoms with Crippen LogP contribution in [0.25, 0.3) is 0 Å². The third-order valence-corrected chi connectivity index (χ3v) is 2.68. The van der Waals surface area contributed by atoms with Crippen LogP contribution in [0.2, 0.25) is 0 Å². The molecule has 90 valence electrons. The molecule has 0 saturated heterocycles. The quantitative estimate of drug-likeness (QED) is 0.882. The summed E-state index contributed by atoms with van der Waals surface area (Å²) < 4.78 is 0. The van der Waals surface area contributed by atoms with E-state index in [1.165, 1.54) is 11.3 Å². The minimum Gasteiger partial charge on any atom is -0.346 e. The lowest BCUT2D eigenvalue weighted by atomic mass is 9.82. The van der Waals surface area contributed by atoms with Gasteiger partial charge in [-0.25, -0.2) is 4.98 Å². The van der Waals surface area contributed by atoms with Gasteiger partial charge in [-0.05, 0) is 25.7 Å². The van der Waals surface area contributed by atoms with E-state index < -0.39 is 0 Å². The molecule has 0 bridgehead atoms. The highest BCUT2D eigenvalue weighted by Crippen LogP contribution is 2.26. The van der Waals surface area contributed by atoms with E-state index in [2.05, 4.69) is 31.1 Å². The zero-order chi connectivity index (χ0) is 12.4. The maximum absolute atomic E-state index is 11.8. The number of rotatable bonds is 3. The van der Waals surface area contributed by atoms with E-state index >= 15 is 0 Å². The van der Waals surface area contributed by atoms with E-state index in [4.69, 9.17) is 0 Å². The molecule has 1 aromatic rings. The number of nitrogens with zero attached hydrogens (tertiary/aromatic N) is 1. The van der Waals surface area contributed by atoms with Crippen molar-refractivity contribution in [3.05, 3.63) is 16.6 Å². The zero-order valence-electron chi connectivity index (χ0n) is 10.6. The Labute approximate surface area is 101 Å². The molecule has 0 aliphatic heterocycles. The Balaban J connectivity index is 2.63. The largest absolute Gasteiger partial charge is 0.346 e. The number of carbonyl (C=O) groups is 1. The van der Waals surface area contributed by atoms with Gasteiger partial charge in [0, 0.05) is 10.9 Å². The van der Waals surface area contributed by atoms with Gasteiger partial charge in [0.1, 0.15) is 5.69 Å². The number of carbonyl (C=O) groups excluding carboxylic acids is 1. The summed E-state index contributed by atoms with van der Waals surface area (Å²) in [7, 11) is 0. The lowest BCUT2D eigenvalue weighted by molar-refractivity contribution is 0.0887. The van der Waals surface area contributed by atoms with Gasteiger partial charge < -0.3 is 5.32 Å². The second-order valence-corrected chi connectivity index (χ2v) is 6.67. The first kappa shape index (κ1) is 13.2. The first-order chi connectivity index (χ1) is 7.20. The summed E-state index contributed by atoms with van der Waals surface area (Å²) in [4.78, 5) is 15.8. The highest BCUT2D eigenvalue weighted by atomic mass is 32.1. The van der Waals surface area contributed by atoms with Gasteiger partial charge in [0.25, 0.3) is 5.91 Å². The molecule has 0 atom stereocenters. The van der Waals surface area contributed by atoms with E-state index in [1.807, 2.05) is 13.8 Å². The Morgan fingerprint density at radius 3 is 2.44 bits per heavy atom. The van der Waals surface area contributed by atoms with Crippen molar-refractivity contribution in [3.8, 4) is 0 Å². The fourth-order valence-electron chi connectivity index (χ4n) is 2.07. The standard InChI is InChI=1S/C12H20N2OS/c1-11(2,3)7-12(4,5)14-10(15)9-6-16-8-13-9/h6,8H,7H2,1-5H3,(H,14,15). The number of hydrogen-bond donors (Lipinski definition) is 1. The first-order valence-electron chi connectivity index (χ1n) is 5.40. The van der Waals surface area contributed by atoms with Crippen LogP contribution in [0.5, 0.6) is 0 Å². The fraction of sp³-hybridized carbons (Fsp3) is 0.667. The topological polar surface area (TPSA) is 42.0 Å². The summed E-state index contributed by atoms with van der Waals surface area (Å²) in [6.07, 6.45) is 0.926. The minimum atomic E-state index is -0.209. The van der Waals surface area contributed by atoms with Gasteiger partial charge in [-0.2, -0.15) is 0 Å².